The smallest absolute Gasteiger partial charge is 0.258 e. The minimum atomic E-state index is 0.0307. The summed E-state index contributed by atoms with van der Waals surface area (Å²) in [5.41, 5.74) is 1.72. The minimum Gasteiger partial charge on any atom is -0.493 e. The molecule has 1 amide bonds. The summed E-state index contributed by atoms with van der Waals surface area (Å²) in [6, 6.07) is 7.54. The number of amides is 1. The Morgan fingerprint density at radius 1 is 1.43 bits per heavy atom. The van der Waals surface area contributed by atoms with E-state index in [1.54, 1.807) is 4.68 Å². The normalized spacial score (nSPS) is 18.0. The average Bonchev–Trinajstić information content (AvgIpc) is 3.01. The summed E-state index contributed by atoms with van der Waals surface area (Å²) in [6.45, 7) is 3.22. The Morgan fingerprint density at radius 2 is 2.26 bits per heavy atom. The van der Waals surface area contributed by atoms with Gasteiger partial charge in [-0.05, 0) is 19.1 Å². The Kier molecular flexibility index (Phi) is 4.91. The van der Waals surface area contributed by atoms with Crippen LogP contribution in [-0.4, -0.2) is 45.2 Å². The molecule has 3 rings (SSSR count). The van der Waals surface area contributed by atoms with Gasteiger partial charge < -0.3 is 9.64 Å². The monoisotopic (exact) mass is 331 g/mol. The van der Waals surface area contributed by atoms with Crippen molar-refractivity contribution < 1.29 is 9.53 Å². The van der Waals surface area contributed by atoms with Gasteiger partial charge in [-0.1, -0.05) is 12.1 Å². The molecule has 0 aliphatic carbocycles. The maximum atomic E-state index is 13.1. The van der Waals surface area contributed by atoms with Crippen molar-refractivity contribution in [1.29, 1.82) is 0 Å². The number of benzene rings is 1. The number of hydrogen-bond acceptors (Lipinski definition) is 4. The number of nitrogens with zero attached hydrogens (tertiary/aromatic N) is 3. The molecule has 0 bridgehead atoms. The summed E-state index contributed by atoms with van der Waals surface area (Å²) in [4.78, 5) is 15.0. The number of rotatable bonds is 4. The molecule has 0 radical (unpaired) electrons. The second-order valence-corrected chi connectivity index (χ2v) is 6.62. The zero-order valence-corrected chi connectivity index (χ0v) is 14.3. The van der Waals surface area contributed by atoms with Crippen LogP contribution in [0.4, 0.5) is 0 Å². The lowest BCUT2D eigenvalue weighted by molar-refractivity contribution is 0.0697. The van der Waals surface area contributed by atoms with Crippen molar-refractivity contribution in [1.82, 2.24) is 14.7 Å². The lowest BCUT2D eigenvalue weighted by Crippen LogP contribution is -2.40. The quantitative estimate of drug-likeness (QED) is 0.864. The van der Waals surface area contributed by atoms with Gasteiger partial charge in [-0.25, -0.2) is 0 Å². The second kappa shape index (κ2) is 7.08. The van der Waals surface area contributed by atoms with Crippen LogP contribution in [-0.2, 0) is 7.05 Å². The summed E-state index contributed by atoms with van der Waals surface area (Å²) < 4.78 is 7.41. The van der Waals surface area contributed by atoms with Crippen molar-refractivity contribution in [3.8, 4) is 5.75 Å². The van der Waals surface area contributed by atoms with E-state index in [1.807, 2.05) is 67.3 Å². The third kappa shape index (κ3) is 3.37. The molecule has 0 N–H and O–H groups in total. The zero-order valence-electron chi connectivity index (χ0n) is 13.4. The first-order valence-corrected chi connectivity index (χ1v) is 8.95. The molecule has 6 heteroatoms. The molecule has 0 unspecified atom stereocenters. The van der Waals surface area contributed by atoms with Crippen LogP contribution in [0.25, 0.3) is 0 Å². The molecule has 5 nitrogen and oxygen atoms in total. The van der Waals surface area contributed by atoms with Gasteiger partial charge in [0, 0.05) is 36.9 Å². The highest BCUT2D eigenvalue weighted by molar-refractivity contribution is 7.99. The van der Waals surface area contributed by atoms with E-state index in [-0.39, 0.29) is 11.9 Å². The number of para-hydroxylation sites is 1. The Labute approximate surface area is 140 Å². The highest BCUT2D eigenvalue weighted by atomic mass is 32.2. The third-order valence-electron chi connectivity index (χ3n) is 3.92. The Bertz CT molecular complexity index is 686. The predicted molar refractivity (Wildman–Crippen MR) is 91.9 cm³/mol. The molecule has 0 spiro atoms. The fourth-order valence-electron chi connectivity index (χ4n) is 2.81. The molecule has 1 aliphatic rings. The van der Waals surface area contributed by atoms with Gasteiger partial charge in [-0.15, -0.1) is 0 Å². The molecule has 122 valence electrons. The van der Waals surface area contributed by atoms with Crippen LogP contribution in [0, 0.1) is 0 Å². The van der Waals surface area contributed by atoms with E-state index < -0.39 is 0 Å². The highest BCUT2D eigenvalue weighted by Crippen LogP contribution is 2.32. The van der Waals surface area contributed by atoms with Crippen molar-refractivity contribution in [2.45, 2.75) is 13.0 Å². The maximum Gasteiger partial charge on any atom is 0.258 e. The van der Waals surface area contributed by atoms with Crippen molar-refractivity contribution in [2.24, 2.45) is 7.05 Å². The van der Waals surface area contributed by atoms with Gasteiger partial charge in [0.1, 0.15) is 5.75 Å². The fourth-order valence-corrected chi connectivity index (χ4v) is 3.90. The van der Waals surface area contributed by atoms with Gasteiger partial charge in [0.15, 0.2) is 0 Å². The minimum absolute atomic E-state index is 0.0307. The van der Waals surface area contributed by atoms with Crippen molar-refractivity contribution in [2.75, 3.05) is 24.7 Å². The fraction of sp³-hybridized carbons (Fsp3) is 0.412. The van der Waals surface area contributed by atoms with Gasteiger partial charge in [-0.2, -0.15) is 16.9 Å². The van der Waals surface area contributed by atoms with E-state index in [9.17, 15) is 4.79 Å². The van der Waals surface area contributed by atoms with Crippen molar-refractivity contribution in [3.05, 3.63) is 47.8 Å². The van der Waals surface area contributed by atoms with Gasteiger partial charge in [-0.3, -0.25) is 9.48 Å². The van der Waals surface area contributed by atoms with Gasteiger partial charge in [0.05, 0.1) is 24.4 Å². The summed E-state index contributed by atoms with van der Waals surface area (Å²) in [5.74, 6) is 2.54. The number of hydrogen-bond donors (Lipinski definition) is 0. The van der Waals surface area contributed by atoms with Gasteiger partial charge >= 0.3 is 0 Å². The van der Waals surface area contributed by atoms with E-state index in [0.29, 0.717) is 17.9 Å². The van der Waals surface area contributed by atoms with Crippen molar-refractivity contribution in [3.63, 3.8) is 0 Å². The standard InChI is InChI=1S/C17H21N3O2S/c1-3-22-16-7-5-4-6-14(16)17(21)20-8-9-23-12-15(20)13-10-18-19(2)11-13/h4-7,10-11,15H,3,8-9,12H2,1-2H3/t15-/m1/s1. The van der Waals surface area contributed by atoms with Crippen LogP contribution in [0.3, 0.4) is 0 Å². The van der Waals surface area contributed by atoms with Crippen LogP contribution < -0.4 is 4.74 Å². The predicted octanol–water partition coefficient (Wildman–Crippen LogP) is 2.75. The molecule has 1 saturated heterocycles. The topological polar surface area (TPSA) is 47.4 Å². The number of aromatic nitrogens is 2. The first-order valence-electron chi connectivity index (χ1n) is 7.79. The number of carbonyl (C=O) groups excluding carboxylic acids is 1. The Hall–Kier alpha value is -1.95. The lowest BCUT2D eigenvalue weighted by Gasteiger charge is -2.35. The molecule has 1 aliphatic heterocycles. The van der Waals surface area contributed by atoms with E-state index in [4.69, 9.17) is 4.74 Å². The third-order valence-corrected chi connectivity index (χ3v) is 4.94. The number of aryl methyl sites for hydroxylation is 1. The molecule has 1 fully saturated rings. The van der Waals surface area contributed by atoms with E-state index in [2.05, 4.69) is 5.10 Å². The molecule has 2 aromatic rings. The highest BCUT2D eigenvalue weighted by Gasteiger charge is 2.31. The van der Waals surface area contributed by atoms with Crippen LogP contribution in [0.1, 0.15) is 28.9 Å². The molecular formula is C17H21N3O2S. The summed E-state index contributed by atoms with van der Waals surface area (Å²) >= 11 is 1.88. The molecular weight excluding hydrogens is 310 g/mol. The van der Waals surface area contributed by atoms with Crippen LogP contribution in [0.2, 0.25) is 0 Å². The SMILES string of the molecule is CCOc1ccccc1C(=O)N1CCSC[C@@H]1c1cnn(C)c1. The average molecular weight is 331 g/mol. The number of thioether (sulfide) groups is 1. The zero-order chi connectivity index (χ0) is 16.2. The Balaban J connectivity index is 1.90. The van der Waals surface area contributed by atoms with E-state index >= 15 is 0 Å². The van der Waals surface area contributed by atoms with E-state index in [0.717, 1.165) is 23.6 Å². The second-order valence-electron chi connectivity index (χ2n) is 5.47. The lowest BCUT2D eigenvalue weighted by atomic mass is 10.1. The van der Waals surface area contributed by atoms with Crippen LogP contribution in [0.15, 0.2) is 36.7 Å². The molecule has 0 saturated carbocycles. The summed E-state index contributed by atoms with van der Waals surface area (Å²) in [7, 11) is 1.90. The Morgan fingerprint density at radius 3 is 3.00 bits per heavy atom. The molecule has 1 aromatic carbocycles. The van der Waals surface area contributed by atoms with E-state index in [1.165, 1.54) is 0 Å². The molecule has 1 atom stereocenters. The first-order chi connectivity index (χ1) is 11.2. The van der Waals surface area contributed by atoms with Gasteiger partial charge in [0.25, 0.3) is 5.91 Å². The van der Waals surface area contributed by atoms with Crippen molar-refractivity contribution >= 4 is 17.7 Å². The molecule has 1 aromatic heterocycles. The summed E-state index contributed by atoms with van der Waals surface area (Å²) in [5, 5.41) is 4.25. The molecule has 2 heterocycles. The number of carbonyl (C=O) groups is 1. The first kappa shape index (κ1) is 15.9. The summed E-state index contributed by atoms with van der Waals surface area (Å²) in [6.07, 6.45) is 3.84. The number of ether oxygens (including phenoxy) is 1. The largest absolute Gasteiger partial charge is 0.493 e. The van der Waals surface area contributed by atoms with Gasteiger partial charge in [0.2, 0.25) is 0 Å². The maximum absolute atomic E-state index is 13.1. The van der Waals surface area contributed by atoms with Crippen LogP contribution in [0.5, 0.6) is 5.75 Å². The molecule has 23 heavy (non-hydrogen) atoms. The van der Waals surface area contributed by atoms with Crippen LogP contribution >= 0.6 is 11.8 Å².